The van der Waals surface area contributed by atoms with Crippen LogP contribution < -0.4 is 0 Å². The molecule has 0 aromatic heterocycles. The summed E-state index contributed by atoms with van der Waals surface area (Å²) >= 11 is 0. The van der Waals surface area contributed by atoms with Gasteiger partial charge in [0.2, 0.25) is 12.2 Å². The highest BCUT2D eigenvalue weighted by atomic mass is 19.3. The van der Waals surface area contributed by atoms with Gasteiger partial charge in [-0.15, -0.1) is 0 Å². The molecule has 0 N–H and O–H groups in total. The van der Waals surface area contributed by atoms with Crippen molar-refractivity contribution in [2.75, 3.05) is 0 Å². The third-order valence-electron chi connectivity index (χ3n) is 1.43. The Bertz CT molecular complexity index is 191. The Hall–Kier alpha value is -0.710. The van der Waals surface area contributed by atoms with Gasteiger partial charge < -0.3 is 9.47 Å². The van der Waals surface area contributed by atoms with Crippen LogP contribution in [-0.4, -0.2) is 24.3 Å². The van der Waals surface area contributed by atoms with Crippen LogP contribution in [0.25, 0.3) is 0 Å². The fraction of sp³-hybridized carbons (Fsp3) is 0.857. The van der Waals surface area contributed by atoms with E-state index in [1.165, 1.54) is 13.8 Å². The van der Waals surface area contributed by atoms with E-state index in [0.717, 1.165) is 0 Å². The van der Waals surface area contributed by atoms with Crippen LogP contribution in [0.2, 0.25) is 0 Å². The van der Waals surface area contributed by atoms with E-state index in [-0.39, 0.29) is 0 Å². The number of rotatable bonds is 2. The summed E-state index contributed by atoms with van der Waals surface area (Å²) in [7, 11) is 0. The lowest BCUT2D eigenvalue weighted by Crippen LogP contribution is -2.22. The van der Waals surface area contributed by atoms with Crippen molar-refractivity contribution in [2.45, 2.75) is 38.6 Å². The second kappa shape index (κ2) is 2.97. The molecule has 0 radical (unpaired) electrons. The van der Waals surface area contributed by atoms with Crippen LogP contribution in [-0.2, 0) is 14.3 Å². The smallest absolute Gasteiger partial charge is 0.338 e. The zero-order valence-electron chi connectivity index (χ0n) is 6.84. The van der Waals surface area contributed by atoms with Gasteiger partial charge in [-0.3, -0.25) is 0 Å². The van der Waals surface area contributed by atoms with Crippen LogP contribution in [0.5, 0.6) is 0 Å². The second-order valence-corrected chi connectivity index (χ2v) is 3.05. The maximum atomic E-state index is 11.8. The molecule has 1 saturated heterocycles. The fourth-order valence-corrected chi connectivity index (χ4v) is 1.03. The predicted molar refractivity (Wildman–Crippen MR) is 35.7 cm³/mol. The lowest BCUT2D eigenvalue weighted by atomic mass is 10.3. The summed E-state index contributed by atoms with van der Waals surface area (Å²) in [5.41, 5.74) is 0. The van der Waals surface area contributed by atoms with Gasteiger partial charge in [0.25, 0.3) is 0 Å². The SMILES string of the molecule is CC1(C)OC(=O)[C@H](CC(F)F)O1. The van der Waals surface area contributed by atoms with Crippen molar-refractivity contribution in [3.05, 3.63) is 0 Å². The Balaban J connectivity index is 2.53. The highest BCUT2D eigenvalue weighted by molar-refractivity contribution is 5.76. The molecule has 0 aromatic carbocycles. The first-order valence-corrected chi connectivity index (χ1v) is 3.59. The van der Waals surface area contributed by atoms with Crippen molar-refractivity contribution in [2.24, 2.45) is 0 Å². The van der Waals surface area contributed by atoms with Crippen molar-refractivity contribution < 1.29 is 23.0 Å². The topological polar surface area (TPSA) is 35.5 Å². The van der Waals surface area contributed by atoms with E-state index >= 15 is 0 Å². The van der Waals surface area contributed by atoms with Crippen molar-refractivity contribution in [3.8, 4) is 0 Å². The summed E-state index contributed by atoms with van der Waals surface area (Å²) < 4.78 is 33.2. The maximum absolute atomic E-state index is 11.8. The molecule has 12 heavy (non-hydrogen) atoms. The van der Waals surface area contributed by atoms with Gasteiger partial charge in [0, 0.05) is 20.3 Å². The Morgan fingerprint density at radius 3 is 2.50 bits per heavy atom. The van der Waals surface area contributed by atoms with E-state index in [9.17, 15) is 13.6 Å². The minimum absolute atomic E-state index is 0.595. The molecule has 3 nitrogen and oxygen atoms in total. The molecule has 1 rings (SSSR count). The average Bonchev–Trinajstić information content (AvgIpc) is 2.03. The monoisotopic (exact) mass is 180 g/mol. The zero-order valence-corrected chi connectivity index (χ0v) is 6.84. The number of esters is 1. The largest absolute Gasteiger partial charge is 0.432 e. The zero-order chi connectivity index (χ0) is 9.35. The summed E-state index contributed by atoms with van der Waals surface area (Å²) in [4.78, 5) is 10.8. The first-order chi connectivity index (χ1) is 5.41. The van der Waals surface area contributed by atoms with Crippen LogP contribution in [0, 0.1) is 0 Å². The first-order valence-electron chi connectivity index (χ1n) is 3.59. The van der Waals surface area contributed by atoms with Crippen molar-refractivity contribution in [3.63, 3.8) is 0 Å². The molecule has 1 heterocycles. The Labute approximate surface area is 68.6 Å². The van der Waals surface area contributed by atoms with Crippen molar-refractivity contribution in [1.29, 1.82) is 0 Å². The number of ether oxygens (including phenoxy) is 2. The van der Waals surface area contributed by atoms with Crippen LogP contribution >= 0.6 is 0 Å². The number of hydrogen-bond donors (Lipinski definition) is 0. The number of alkyl halides is 2. The molecule has 0 amide bonds. The summed E-state index contributed by atoms with van der Waals surface area (Å²) in [6.45, 7) is 3.02. The van der Waals surface area contributed by atoms with Gasteiger partial charge in [-0.1, -0.05) is 0 Å². The summed E-state index contributed by atoms with van der Waals surface area (Å²) in [5, 5.41) is 0. The molecule has 1 aliphatic rings. The molecule has 1 aliphatic heterocycles. The van der Waals surface area contributed by atoms with E-state index in [1.54, 1.807) is 0 Å². The molecule has 5 heteroatoms. The molecule has 1 fully saturated rings. The van der Waals surface area contributed by atoms with E-state index in [2.05, 4.69) is 4.74 Å². The molecular weight excluding hydrogens is 170 g/mol. The van der Waals surface area contributed by atoms with Gasteiger partial charge in [0.1, 0.15) is 0 Å². The van der Waals surface area contributed by atoms with E-state index < -0.39 is 30.7 Å². The molecule has 0 bridgehead atoms. The second-order valence-electron chi connectivity index (χ2n) is 3.05. The van der Waals surface area contributed by atoms with E-state index in [0.29, 0.717) is 0 Å². The van der Waals surface area contributed by atoms with Crippen molar-refractivity contribution >= 4 is 5.97 Å². The Morgan fingerprint density at radius 2 is 2.17 bits per heavy atom. The van der Waals surface area contributed by atoms with Gasteiger partial charge in [-0.25, -0.2) is 13.6 Å². The highest BCUT2D eigenvalue weighted by Gasteiger charge is 2.42. The van der Waals surface area contributed by atoms with Gasteiger partial charge in [0.05, 0.1) is 0 Å². The van der Waals surface area contributed by atoms with Gasteiger partial charge in [0.15, 0.2) is 6.10 Å². The third kappa shape index (κ3) is 2.14. The maximum Gasteiger partial charge on any atom is 0.338 e. The molecule has 0 spiro atoms. The number of carbonyl (C=O) groups excluding carboxylic acids is 1. The summed E-state index contributed by atoms with van der Waals surface area (Å²) in [6, 6.07) is 0. The quantitative estimate of drug-likeness (QED) is 0.601. The standard InChI is InChI=1S/C7H10F2O3/c1-7(2)11-4(3-5(8)9)6(10)12-7/h4-5H,3H2,1-2H3/t4-/m0/s1. The summed E-state index contributed by atoms with van der Waals surface area (Å²) in [6.07, 6.45) is -4.25. The number of hydrogen-bond acceptors (Lipinski definition) is 3. The van der Waals surface area contributed by atoms with Crippen LogP contribution in [0.15, 0.2) is 0 Å². The number of carbonyl (C=O) groups is 1. The Kier molecular flexibility index (Phi) is 2.32. The molecule has 0 aliphatic carbocycles. The molecule has 0 aromatic rings. The van der Waals surface area contributed by atoms with Gasteiger partial charge in [-0.05, 0) is 0 Å². The molecule has 0 saturated carbocycles. The summed E-state index contributed by atoms with van der Waals surface area (Å²) in [5.74, 6) is -1.77. The first kappa shape index (κ1) is 9.38. The van der Waals surface area contributed by atoms with Crippen LogP contribution in [0.4, 0.5) is 8.78 Å². The molecule has 70 valence electrons. The van der Waals surface area contributed by atoms with Gasteiger partial charge in [-0.2, -0.15) is 0 Å². The van der Waals surface area contributed by atoms with Crippen LogP contribution in [0.1, 0.15) is 20.3 Å². The fourth-order valence-electron chi connectivity index (χ4n) is 1.03. The minimum Gasteiger partial charge on any atom is -0.432 e. The molecule has 1 atom stereocenters. The highest BCUT2D eigenvalue weighted by Crippen LogP contribution is 2.26. The molecular formula is C7H10F2O3. The number of halogens is 2. The molecule has 0 unspecified atom stereocenters. The Morgan fingerprint density at radius 1 is 1.58 bits per heavy atom. The van der Waals surface area contributed by atoms with Crippen LogP contribution in [0.3, 0.4) is 0 Å². The van der Waals surface area contributed by atoms with Gasteiger partial charge >= 0.3 is 5.97 Å². The van der Waals surface area contributed by atoms with E-state index in [1.807, 2.05) is 0 Å². The predicted octanol–water partition coefficient (Wildman–Crippen LogP) is 1.32. The van der Waals surface area contributed by atoms with E-state index in [4.69, 9.17) is 4.74 Å². The lowest BCUT2D eigenvalue weighted by Gasteiger charge is -2.14. The normalized spacial score (nSPS) is 27.8. The minimum atomic E-state index is -2.54. The lowest BCUT2D eigenvalue weighted by molar-refractivity contribution is -0.161. The van der Waals surface area contributed by atoms with Crippen molar-refractivity contribution in [1.82, 2.24) is 0 Å². The average molecular weight is 180 g/mol. The third-order valence-corrected chi connectivity index (χ3v) is 1.43. The number of cyclic esters (lactones) is 1.